The summed E-state index contributed by atoms with van der Waals surface area (Å²) in [4.78, 5) is 17.9. The van der Waals surface area contributed by atoms with E-state index in [2.05, 4.69) is 9.99 Å². The Bertz CT molecular complexity index is 409. The summed E-state index contributed by atoms with van der Waals surface area (Å²) in [6.07, 6.45) is 1.52. The minimum atomic E-state index is -0.440. The summed E-state index contributed by atoms with van der Waals surface area (Å²) < 4.78 is 5.22. The Kier molecular flexibility index (Phi) is 7.83. The molecule has 1 amide bonds. The quantitative estimate of drug-likeness (QED) is 0.580. The molecule has 0 atom stereocenters. The van der Waals surface area contributed by atoms with Gasteiger partial charge in [0.15, 0.2) is 0 Å². The van der Waals surface area contributed by atoms with Gasteiger partial charge >= 0.3 is 6.09 Å². The fourth-order valence-electron chi connectivity index (χ4n) is 1.54. The molecular weight excluding hydrogens is 260 g/mol. The molecule has 0 aliphatic carbocycles. The van der Waals surface area contributed by atoms with E-state index < -0.39 is 6.09 Å². The zero-order chi connectivity index (χ0) is 14.6. The van der Waals surface area contributed by atoms with Crippen molar-refractivity contribution in [1.29, 1.82) is 0 Å². The Morgan fingerprint density at radius 2 is 2.15 bits per heavy atom. The van der Waals surface area contributed by atoms with Gasteiger partial charge in [-0.25, -0.2) is 4.79 Å². The van der Waals surface area contributed by atoms with Crippen molar-refractivity contribution in [3.63, 3.8) is 0 Å². The van der Waals surface area contributed by atoms with E-state index in [1.165, 1.54) is 18.2 Å². The second-order valence-electron chi connectivity index (χ2n) is 4.03. The number of rotatable bonds is 8. The molecule has 6 heteroatoms. The first kappa shape index (κ1) is 16.0. The van der Waals surface area contributed by atoms with Crippen LogP contribution in [0.25, 0.3) is 0 Å². The Hall–Kier alpha value is -2.08. The van der Waals surface area contributed by atoms with E-state index in [9.17, 15) is 4.79 Å². The van der Waals surface area contributed by atoms with Crippen LogP contribution in [0.4, 0.5) is 4.79 Å². The summed E-state index contributed by atoms with van der Waals surface area (Å²) in [6, 6.07) is 9.45. The van der Waals surface area contributed by atoms with Crippen molar-refractivity contribution in [3.8, 4) is 0 Å². The van der Waals surface area contributed by atoms with Crippen molar-refractivity contribution in [2.75, 3.05) is 26.8 Å². The van der Waals surface area contributed by atoms with Gasteiger partial charge < -0.3 is 19.6 Å². The third-order valence-electron chi connectivity index (χ3n) is 2.53. The number of hydrogen-bond donors (Lipinski definition) is 1. The Morgan fingerprint density at radius 1 is 1.40 bits per heavy atom. The number of aliphatic hydroxyl groups excluding tert-OH is 1. The predicted molar refractivity (Wildman–Crippen MR) is 75.4 cm³/mol. The molecule has 0 bridgehead atoms. The van der Waals surface area contributed by atoms with Gasteiger partial charge in [-0.1, -0.05) is 35.5 Å². The van der Waals surface area contributed by atoms with Crippen molar-refractivity contribution < 1.29 is 19.5 Å². The lowest BCUT2D eigenvalue weighted by Gasteiger charge is -2.19. The van der Waals surface area contributed by atoms with E-state index >= 15 is 0 Å². The highest BCUT2D eigenvalue weighted by atomic mass is 16.6. The number of amides is 1. The van der Waals surface area contributed by atoms with Gasteiger partial charge in [0.1, 0.15) is 13.7 Å². The second kappa shape index (κ2) is 9.80. The van der Waals surface area contributed by atoms with E-state index in [-0.39, 0.29) is 19.8 Å². The summed E-state index contributed by atoms with van der Waals surface area (Å²) in [5, 5.41) is 12.4. The molecular formula is C14H20N2O4. The Morgan fingerprint density at radius 3 is 2.80 bits per heavy atom. The van der Waals surface area contributed by atoms with Crippen LogP contribution in [-0.2, 0) is 16.2 Å². The van der Waals surface area contributed by atoms with Gasteiger partial charge in [-0.05, 0) is 12.0 Å². The van der Waals surface area contributed by atoms with Gasteiger partial charge in [-0.3, -0.25) is 0 Å². The van der Waals surface area contributed by atoms with Gasteiger partial charge in [0.2, 0.25) is 0 Å². The van der Waals surface area contributed by atoms with Crippen molar-refractivity contribution in [3.05, 3.63) is 35.9 Å². The number of nitrogens with zero attached hydrogens (tertiary/aromatic N) is 2. The molecule has 1 N–H and O–H groups in total. The van der Waals surface area contributed by atoms with E-state index in [0.29, 0.717) is 13.0 Å². The van der Waals surface area contributed by atoms with Crippen molar-refractivity contribution >= 4 is 12.3 Å². The highest BCUT2D eigenvalue weighted by Crippen LogP contribution is 2.03. The average molecular weight is 280 g/mol. The Labute approximate surface area is 118 Å². The molecule has 0 saturated carbocycles. The van der Waals surface area contributed by atoms with Crippen LogP contribution in [0.2, 0.25) is 0 Å². The molecule has 6 nitrogen and oxygen atoms in total. The summed E-state index contributed by atoms with van der Waals surface area (Å²) in [5.41, 5.74) is 0.925. The fourth-order valence-corrected chi connectivity index (χ4v) is 1.54. The van der Waals surface area contributed by atoms with Crippen LogP contribution in [-0.4, -0.2) is 49.1 Å². The zero-order valence-electron chi connectivity index (χ0n) is 11.6. The van der Waals surface area contributed by atoms with Gasteiger partial charge in [0.05, 0.1) is 12.8 Å². The smallest absolute Gasteiger partial charge is 0.410 e. The van der Waals surface area contributed by atoms with Crippen LogP contribution in [0.1, 0.15) is 12.0 Å². The monoisotopic (exact) mass is 280 g/mol. The maximum atomic E-state index is 11.9. The molecule has 1 aromatic rings. The maximum absolute atomic E-state index is 11.9. The third-order valence-corrected chi connectivity index (χ3v) is 2.53. The maximum Gasteiger partial charge on any atom is 0.410 e. The van der Waals surface area contributed by atoms with Gasteiger partial charge in [0.25, 0.3) is 0 Å². The molecule has 0 aromatic heterocycles. The Balaban J connectivity index is 2.46. The van der Waals surface area contributed by atoms with E-state index in [0.717, 1.165) is 5.56 Å². The first-order valence-electron chi connectivity index (χ1n) is 6.39. The topological polar surface area (TPSA) is 71.4 Å². The van der Waals surface area contributed by atoms with Crippen LogP contribution >= 0.6 is 0 Å². The lowest BCUT2D eigenvalue weighted by atomic mass is 10.2. The summed E-state index contributed by atoms with van der Waals surface area (Å²) in [5.74, 6) is 0. The van der Waals surface area contributed by atoms with E-state index in [1.54, 1.807) is 0 Å². The van der Waals surface area contributed by atoms with Gasteiger partial charge in [-0.2, -0.15) is 0 Å². The fraction of sp³-hybridized carbons (Fsp3) is 0.429. The van der Waals surface area contributed by atoms with Crippen LogP contribution in [0, 0.1) is 0 Å². The minimum Gasteiger partial charge on any atom is -0.445 e. The standard InChI is InChI=1S/C14H20N2O4/c1-19-15-8-10-16(9-5-11-17)14(18)20-12-13-6-3-2-4-7-13/h2-4,6-8,17H,5,9-12H2,1H3/b15-8+. The number of oxime groups is 1. The number of aliphatic hydroxyl groups is 1. The molecule has 20 heavy (non-hydrogen) atoms. The summed E-state index contributed by atoms with van der Waals surface area (Å²) >= 11 is 0. The van der Waals surface area contributed by atoms with Crippen molar-refractivity contribution in [1.82, 2.24) is 4.90 Å². The molecule has 0 fully saturated rings. The first-order valence-corrected chi connectivity index (χ1v) is 6.39. The second-order valence-corrected chi connectivity index (χ2v) is 4.03. The van der Waals surface area contributed by atoms with Crippen molar-refractivity contribution in [2.45, 2.75) is 13.0 Å². The first-order chi connectivity index (χ1) is 9.77. The SMILES string of the molecule is CO/N=C/CN(CCCO)C(=O)OCc1ccccc1. The van der Waals surface area contributed by atoms with Gasteiger partial charge in [-0.15, -0.1) is 0 Å². The molecule has 1 rings (SSSR count). The summed E-state index contributed by atoms with van der Waals surface area (Å²) in [6.45, 7) is 0.919. The number of benzene rings is 1. The lowest BCUT2D eigenvalue weighted by Crippen LogP contribution is -2.34. The molecule has 0 aliphatic rings. The van der Waals surface area contributed by atoms with Crippen LogP contribution in [0.5, 0.6) is 0 Å². The van der Waals surface area contributed by atoms with E-state index in [1.807, 2.05) is 30.3 Å². The molecule has 0 saturated heterocycles. The summed E-state index contributed by atoms with van der Waals surface area (Å²) in [7, 11) is 1.43. The highest BCUT2D eigenvalue weighted by molar-refractivity contribution is 5.72. The average Bonchev–Trinajstić information content (AvgIpc) is 2.49. The number of carbonyl (C=O) groups excluding carboxylic acids is 1. The van der Waals surface area contributed by atoms with Crippen molar-refractivity contribution in [2.24, 2.45) is 5.16 Å². The highest BCUT2D eigenvalue weighted by Gasteiger charge is 2.13. The van der Waals surface area contributed by atoms with Crippen LogP contribution in [0.15, 0.2) is 35.5 Å². The molecule has 0 heterocycles. The van der Waals surface area contributed by atoms with E-state index in [4.69, 9.17) is 9.84 Å². The lowest BCUT2D eigenvalue weighted by molar-refractivity contribution is 0.0988. The third kappa shape index (κ3) is 6.19. The zero-order valence-corrected chi connectivity index (χ0v) is 11.6. The van der Waals surface area contributed by atoms with Gasteiger partial charge in [0, 0.05) is 13.2 Å². The normalized spacial score (nSPS) is 10.5. The number of ether oxygens (including phenoxy) is 1. The molecule has 0 aliphatic heterocycles. The van der Waals surface area contributed by atoms with Crippen LogP contribution in [0.3, 0.4) is 0 Å². The largest absolute Gasteiger partial charge is 0.445 e. The number of hydrogen-bond acceptors (Lipinski definition) is 5. The molecule has 1 aromatic carbocycles. The number of carbonyl (C=O) groups is 1. The predicted octanol–water partition coefficient (Wildman–Crippen LogP) is 1.64. The minimum absolute atomic E-state index is 0.0177. The molecule has 0 radical (unpaired) electrons. The molecule has 110 valence electrons. The molecule has 0 spiro atoms. The van der Waals surface area contributed by atoms with Crippen LogP contribution < -0.4 is 0 Å². The molecule has 0 unspecified atom stereocenters.